The normalized spacial score (nSPS) is 17.1. The Bertz CT molecular complexity index is 711. The fourth-order valence-electron chi connectivity index (χ4n) is 2.73. The molecule has 0 spiro atoms. The topological polar surface area (TPSA) is 45.8 Å². The number of benzene rings is 1. The molecule has 1 aromatic carbocycles. The highest BCUT2D eigenvalue weighted by molar-refractivity contribution is 6.14. The SMILES string of the molecule is CC1=Nc2c(cnn2-c2ccccc2)C2=NCCCN12. The molecule has 4 rings (SSSR count). The molecule has 1 aromatic heterocycles. The minimum absolute atomic E-state index is 0.880. The molecule has 0 saturated carbocycles. The molecule has 0 saturated heterocycles. The molecule has 0 atom stereocenters. The van der Waals surface area contributed by atoms with Crippen molar-refractivity contribution in [2.24, 2.45) is 9.98 Å². The number of aromatic nitrogens is 2. The third-order valence-electron chi connectivity index (χ3n) is 3.70. The molecule has 0 fully saturated rings. The lowest BCUT2D eigenvalue weighted by Crippen LogP contribution is -2.41. The van der Waals surface area contributed by atoms with E-state index in [1.54, 1.807) is 0 Å². The molecule has 100 valence electrons. The lowest BCUT2D eigenvalue weighted by Gasteiger charge is -2.31. The second-order valence-electron chi connectivity index (χ2n) is 5.00. The van der Waals surface area contributed by atoms with Gasteiger partial charge < -0.3 is 4.90 Å². The average Bonchev–Trinajstić information content (AvgIpc) is 2.92. The van der Waals surface area contributed by atoms with Gasteiger partial charge in [0, 0.05) is 13.1 Å². The minimum atomic E-state index is 0.880. The number of aliphatic imine (C=N–C) groups is 2. The lowest BCUT2D eigenvalue weighted by molar-refractivity contribution is 0.543. The number of hydrogen-bond acceptors (Lipinski definition) is 4. The van der Waals surface area contributed by atoms with Gasteiger partial charge in [0.1, 0.15) is 11.7 Å². The van der Waals surface area contributed by atoms with Crippen molar-refractivity contribution in [3.05, 3.63) is 42.1 Å². The first-order chi connectivity index (χ1) is 9.84. The molecule has 20 heavy (non-hydrogen) atoms. The molecule has 0 bridgehead atoms. The fourth-order valence-corrected chi connectivity index (χ4v) is 2.73. The first-order valence-corrected chi connectivity index (χ1v) is 6.86. The molecule has 0 unspecified atom stereocenters. The molecule has 5 heteroatoms. The van der Waals surface area contributed by atoms with E-state index in [1.807, 2.05) is 48.1 Å². The maximum atomic E-state index is 4.73. The van der Waals surface area contributed by atoms with Crippen molar-refractivity contribution >= 4 is 17.5 Å². The summed E-state index contributed by atoms with van der Waals surface area (Å²) in [6.45, 7) is 3.91. The molecule has 0 N–H and O–H groups in total. The van der Waals surface area contributed by atoms with Crippen molar-refractivity contribution in [1.82, 2.24) is 14.7 Å². The summed E-state index contributed by atoms with van der Waals surface area (Å²) in [5.74, 6) is 2.89. The van der Waals surface area contributed by atoms with Gasteiger partial charge in [-0.15, -0.1) is 0 Å². The number of fused-ring (bicyclic) bond motifs is 3. The van der Waals surface area contributed by atoms with Crippen LogP contribution in [0.15, 0.2) is 46.5 Å². The van der Waals surface area contributed by atoms with Gasteiger partial charge in [-0.05, 0) is 25.5 Å². The Hall–Kier alpha value is -2.43. The predicted octanol–water partition coefficient (Wildman–Crippen LogP) is 2.39. The Morgan fingerprint density at radius 3 is 2.85 bits per heavy atom. The van der Waals surface area contributed by atoms with Crippen LogP contribution >= 0.6 is 0 Å². The zero-order valence-electron chi connectivity index (χ0n) is 11.3. The molecule has 0 radical (unpaired) electrons. The van der Waals surface area contributed by atoms with Gasteiger partial charge in [0.15, 0.2) is 5.82 Å². The highest BCUT2D eigenvalue weighted by atomic mass is 15.4. The molecular formula is C15H15N5. The van der Waals surface area contributed by atoms with Crippen LogP contribution in [-0.2, 0) is 0 Å². The second-order valence-corrected chi connectivity index (χ2v) is 5.00. The summed E-state index contributed by atoms with van der Waals surface area (Å²) in [6, 6.07) is 10.1. The van der Waals surface area contributed by atoms with Crippen molar-refractivity contribution < 1.29 is 0 Å². The van der Waals surface area contributed by atoms with Gasteiger partial charge in [-0.1, -0.05) is 18.2 Å². The van der Waals surface area contributed by atoms with Crippen LogP contribution in [0, 0.1) is 0 Å². The largest absolute Gasteiger partial charge is 0.314 e. The monoisotopic (exact) mass is 265 g/mol. The lowest BCUT2D eigenvalue weighted by atomic mass is 10.1. The smallest absolute Gasteiger partial charge is 0.168 e. The van der Waals surface area contributed by atoms with E-state index in [4.69, 9.17) is 4.99 Å². The molecule has 5 nitrogen and oxygen atoms in total. The van der Waals surface area contributed by atoms with Gasteiger partial charge >= 0.3 is 0 Å². The minimum Gasteiger partial charge on any atom is -0.314 e. The van der Waals surface area contributed by atoms with Crippen LogP contribution in [0.1, 0.15) is 18.9 Å². The van der Waals surface area contributed by atoms with Gasteiger partial charge in [0.25, 0.3) is 0 Å². The third-order valence-corrected chi connectivity index (χ3v) is 3.70. The van der Waals surface area contributed by atoms with Crippen LogP contribution in [0.25, 0.3) is 5.69 Å². The molecule has 2 aliphatic rings. The fraction of sp³-hybridized carbons (Fsp3) is 0.267. The molecule has 0 aliphatic carbocycles. The molecule has 3 heterocycles. The Kier molecular flexibility index (Phi) is 2.45. The molecule has 2 aliphatic heterocycles. The van der Waals surface area contributed by atoms with Crippen molar-refractivity contribution in [2.45, 2.75) is 13.3 Å². The van der Waals surface area contributed by atoms with Gasteiger partial charge in [-0.2, -0.15) is 5.10 Å². The summed E-state index contributed by atoms with van der Waals surface area (Å²) in [7, 11) is 0. The summed E-state index contributed by atoms with van der Waals surface area (Å²) in [6.07, 6.45) is 2.95. The van der Waals surface area contributed by atoms with E-state index >= 15 is 0 Å². The summed E-state index contributed by atoms with van der Waals surface area (Å²) < 4.78 is 1.88. The van der Waals surface area contributed by atoms with Gasteiger partial charge in [0.2, 0.25) is 0 Å². The van der Waals surface area contributed by atoms with Gasteiger partial charge in [0.05, 0.1) is 17.4 Å². The number of amidine groups is 2. The number of para-hydroxylation sites is 1. The van der Waals surface area contributed by atoms with E-state index in [2.05, 4.69) is 15.0 Å². The molecular weight excluding hydrogens is 250 g/mol. The Morgan fingerprint density at radius 2 is 2.00 bits per heavy atom. The Balaban J connectivity index is 1.90. The highest BCUT2D eigenvalue weighted by Crippen LogP contribution is 2.30. The number of nitrogens with zero attached hydrogens (tertiary/aromatic N) is 5. The van der Waals surface area contributed by atoms with E-state index in [1.165, 1.54) is 0 Å². The first-order valence-electron chi connectivity index (χ1n) is 6.86. The predicted molar refractivity (Wildman–Crippen MR) is 79.1 cm³/mol. The quantitative estimate of drug-likeness (QED) is 0.794. The summed E-state index contributed by atoms with van der Waals surface area (Å²) in [5.41, 5.74) is 2.05. The molecule has 0 amide bonds. The van der Waals surface area contributed by atoms with Crippen LogP contribution in [-0.4, -0.2) is 39.4 Å². The van der Waals surface area contributed by atoms with E-state index in [0.717, 1.165) is 48.3 Å². The Morgan fingerprint density at radius 1 is 1.15 bits per heavy atom. The van der Waals surface area contributed by atoms with E-state index in [0.29, 0.717) is 0 Å². The van der Waals surface area contributed by atoms with Crippen LogP contribution in [0.4, 0.5) is 5.82 Å². The van der Waals surface area contributed by atoms with Gasteiger partial charge in [-0.3, -0.25) is 4.99 Å². The van der Waals surface area contributed by atoms with Crippen LogP contribution in [0.2, 0.25) is 0 Å². The van der Waals surface area contributed by atoms with Crippen LogP contribution in [0.3, 0.4) is 0 Å². The standard InChI is InChI=1S/C15H15N5/c1-11-18-15-13(14-16-8-5-9-19(11)14)10-17-20(15)12-6-3-2-4-7-12/h2-4,6-7,10H,5,8-9H2,1H3. The molecule has 2 aromatic rings. The zero-order chi connectivity index (χ0) is 13.5. The zero-order valence-corrected chi connectivity index (χ0v) is 11.3. The van der Waals surface area contributed by atoms with Crippen LogP contribution in [0.5, 0.6) is 0 Å². The van der Waals surface area contributed by atoms with E-state index in [9.17, 15) is 0 Å². The van der Waals surface area contributed by atoms with Gasteiger partial charge in [-0.25, -0.2) is 9.67 Å². The summed E-state index contributed by atoms with van der Waals surface area (Å²) in [4.78, 5) is 11.6. The van der Waals surface area contributed by atoms with Crippen LogP contribution < -0.4 is 0 Å². The summed E-state index contributed by atoms with van der Waals surface area (Å²) in [5, 5.41) is 4.50. The maximum absolute atomic E-state index is 4.73. The maximum Gasteiger partial charge on any atom is 0.168 e. The second kappa shape index (κ2) is 4.30. The highest BCUT2D eigenvalue weighted by Gasteiger charge is 2.29. The summed E-state index contributed by atoms with van der Waals surface area (Å²) >= 11 is 0. The number of hydrogen-bond donors (Lipinski definition) is 0. The Labute approximate surface area is 117 Å². The first kappa shape index (κ1) is 11.4. The number of rotatable bonds is 1. The van der Waals surface area contributed by atoms with Crippen molar-refractivity contribution in [1.29, 1.82) is 0 Å². The van der Waals surface area contributed by atoms with E-state index < -0.39 is 0 Å². The van der Waals surface area contributed by atoms with Crippen molar-refractivity contribution in [3.63, 3.8) is 0 Å². The third kappa shape index (κ3) is 1.59. The van der Waals surface area contributed by atoms with Crippen molar-refractivity contribution in [2.75, 3.05) is 13.1 Å². The van der Waals surface area contributed by atoms with E-state index in [-0.39, 0.29) is 0 Å². The average molecular weight is 265 g/mol. The van der Waals surface area contributed by atoms with Crippen molar-refractivity contribution in [3.8, 4) is 5.69 Å².